The minimum absolute atomic E-state index is 0.169. The highest BCUT2D eigenvalue weighted by Gasteiger charge is 2.26. The molecule has 0 aromatic carbocycles. The van der Waals surface area contributed by atoms with E-state index in [1.54, 1.807) is 0 Å². The SMILES string of the molecule is CC(C)NCc1ccc(OC2CC(C)OC(C)C2)nn1. The van der Waals surface area contributed by atoms with Crippen LogP contribution in [-0.2, 0) is 11.3 Å². The van der Waals surface area contributed by atoms with Gasteiger partial charge in [0, 0.05) is 31.5 Å². The zero-order chi connectivity index (χ0) is 14.5. The zero-order valence-electron chi connectivity index (χ0n) is 12.8. The fourth-order valence-electron chi connectivity index (χ4n) is 2.42. The van der Waals surface area contributed by atoms with E-state index in [1.165, 1.54) is 0 Å². The van der Waals surface area contributed by atoms with Crippen molar-refractivity contribution in [3.8, 4) is 5.88 Å². The van der Waals surface area contributed by atoms with Gasteiger partial charge in [0.05, 0.1) is 17.9 Å². The van der Waals surface area contributed by atoms with Crippen LogP contribution in [-0.4, -0.2) is 34.6 Å². The third-order valence-electron chi connectivity index (χ3n) is 3.33. The summed E-state index contributed by atoms with van der Waals surface area (Å²) in [6, 6.07) is 4.30. The number of nitrogens with zero attached hydrogens (tertiary/aromatic N) is 2. The van der Waals surface area contributed by atoms with Crippen LogP contribution < -0.4 is 10.1 Å². The van der Waals surface area contributed by atoms with Crippen LogP contribution in [0.4, 0.5) is 0 Å². The van der Waals surface area contributed by atoms with E-state index in [0.29, 0.717) is 11.9 Å². The Labute approximate surface area is 121 Å². The smallest absolute Gasteiger partial charge is 0.233 e. The van der Waals surface area contributed by atoms with Crippen molar-refractivity contribution >= 4 is 0 Å². The molecule has 1 aliphatic rings. The van der Waals surface area contributed by atoms with Gasteiger partial charge in [-0.2, -0.15) is 5.10 Å². The third-order valence-corrected chi connectivity index (χ3v) is 3.33. The Morgan fingerprint density at radius 2 is 1.95 bits per heavy atom. The predicted molar refractivity (Wildman–Crippen MR) is 77.7 cm³/mol. The Kier molecular flexibility index (Phi) is 5.31. The van der Waals surface area contributed by atoms with E-state index >= 15 is 0 Å². The summed E-state index contributed by atoms with van der Waals surface area (Å²) in [4.78, 5) is 0. The highest BCUT2D eigenvalue weighted by Crippen LogP contribution is 2.22. The second-order valence-electron chi connectivity index (χ2n) is 5.87. The lowest BCUT2D eigenvalue weighted by Crippen LogP contribution is -2.35. The Morgan fingerprint density at radius 1 is 1.25 bits per heavy atom. The molecule has 2 heterocycles. The molecule has 5 nitrogen and oxygen atoms in total. The average Bonchev–Trinajstić information content (AvgIpc) is 2.36. The number of aromatic nitrogens is 2. The standard InChI is InChI=1S/C15H25N3O2/c1-10(2)16-9-13-5-6-15(18-17-13)20-14-7-11(3)19-12(4)8-14/h5-6,10-12,14,16H,7-9H2,1-4H3. The van der Waals surface area contributed by atoms with Crippen molar-refractivity contribution in [3.63, 3.8) is 0 Å². The van der Waals surface area contributed by atoms with Gasteiger partial charge in [-0.05, 0) is 19.9 Å². The maximum absolute atomic E-state index is 5.90. The molecule has 0 bridgehead atoms. The first-order valence-electron chi connectivity index (χ1n) is 7.41. The molecule has 1 saturated heterocycles. The molecular formula is C15H25N3O2. The summed E-state index contributed by atoms with van der Waals surface area (Å²) in [6.45, 7) is 9.11. The molecule has 2 rings (SSSR count). The lowest BCUT2D eigenvalue weighted by Gasteiger charge is -2.31. The summed E-state index contributed by atoms with van der Waals surface area (Å²) < 4.78 is 11.6. The van der Waals surface area contributed by atoms with Gasteiger partial charge in [-0.25, -0.2) is 0 Å². The first-order valence-corrected chi connectivity index (χ1v) is 7.41. The predicted octanol–water partition coefficient (Wildman–Crippen LogP) is 2.31. The van der Waals surface area contributed by atoms with Gasteiger partial charge >= 0.3 is 0 Å². The summed E-state index contributed by atoms with van der Waals surface area (Å²) in [7, 11) is 0. The van der Waals surface area contributed by atoms with Crippen LogP contribution in [0.5, 0.6) is 5.88 Å². The number of nitrogens with one attached hydrogen (secondary N) is 1. The second-order valence-corrected chi connectivity index (χ2v) is 5.87. The van der Waals surface area contributed by atoms with E-state index in [-0.39, 0.29) is 18.3 Å². The molecule has 2 atom stereocenters. The Bertz CT molecular complexity index is 398. The summed E-state index contributed by atoms with van der Waals surface area (Å²) in [5.41, 5.74) is 0.930. The maximum Gasteiger partial charge on any atom is 0.233 e. The molecule has 5 heteroatoms. The van der Waals surface area contributed by atoms with Crippen molar-refractivity contribution in [1.82, 2.24) is 15.5 Å². The fourth-order valence-corrected chi connectivity index (χ4v) is 2.42. The number of ether oxygens (including phenoxy) is 2. The van der Waals surface area contributed by atoms with Crippen molar-refractivity contribution in [1.29, 1.82) is 0 Å². The van der Waals surface area contributed by atoms with Gasteiger partial charge in [-0.3, -0.25) is 0 Å². The minimum atomic E-state index is 0.169. The van der Waals surface area contributed by atoms with Crippen LogP contribution in [0.15, 0.2) is 12.1 Å². The fraction of sp³-hybridized carbons (Fsp3) is 0.733. The summed E-state index contributed by atoms with van der Waals surface area (Å²) >= 11 is 0. The van der Waals surface area contributed by atoms with Gasteiger partial charge in [0.25, 0.3) is 0 Å². The third kappa shape index (κ3) is 4.72. The van der Waals surface area contributed by atoms with Gasteiger partial charge < -0.3 is 14.8 Å². The highest BCUT2D eigenvalue weighted by molar-refractivity contribution is 5.12. The quantitative estimate of drug-likeness (QED) is 0.896. The number of hydrogen-bond acceptors (Lipinski definition) is 5. The van der Waals surface area contributed by atoms with Crippen molar-refractivity contribution in [2.24, 2.45) is 0 Å². The molecule has 0 saturated carbocycles. The normalized spacial score (nSPS) is 26.8. The lowest BCUT2D eigenvalue weighted by molar-refractivity contribution is -0.0731. The van der Waals surface area contributed by atoms with Crippen LogP contribution in [0, 0.1) is 0 Å². The van der Waals surface area contributed by atoms with Gasteiger partial charge in [-0.15, -0.1) is 5.10 Å². The Hall–Kier alpha value is -1.20. The van der Waals surface area contributed by atoms with E-state index < -0.39 is 0 Å². The molecule has 1 aliphatic heterocycles. The van der Waals surface area contributed by atoms with E-state index in [0.717, 1.165) is 25.1 Å². The van der Waals surface area contributed by atoms with Crippen LogP contribution in [0.3, 0.4) is 0 Å². The van der Waals surface area contributed by atoms with Gasteiger partial charge in [0.2, 0.25) is 5.88 Å². The van der Waals surface area contributed by atoms with Crippen molar-refractivity contribution in [2.45, 2.75) is 71.4 Å². The van der Waals surface area contributed by atoms with Crippen LogP contribution in [0.25, 0.3) is 0 Å². The van der Waals surface area contributed by atoms with Crippen molar-refractivity contribution in [3.05, 3.63) is 17.8 Å². The van der Waals surface area contributed by atoms with Gasteiger partial charge in [0.15, 0.2) is 0 Å². The topological polar surface area (TPSA) is 56.3 Å². The Balaban J connectivity index is 1.87. The molecule has 2 unspecified atom stereocenters. The maximum atomic E-state index is 5.90. The first kappa shape index (κ1) is 15.2. The van der Waals surface area contributed by atoms with E-state index in [2.05, 4.69) is 43.2 Å². The van der Waals surface area contributed by atoms with Gasteiger partial charge in [-0.1, -0.05) is 13.8 Å². The number of hydrogen-bond donors (Lipinski definition) is 1. The number of rotatable bonds is 5. The highest BCUT2D eigenvalue weighted by atomic mass is 16.5. The zero-order valence-corrected chi connectivity index (χ0v) is 12.8. The molecule has 1 aromatic rings. The average molecular weight is 279 g/mol. The monoisotopic (exact) mass is 279 g/mol. The molecule has 20 heavy (non-hydrogen) atoms. The molecule has 1 aromatic heterocycles. The van der Waals surface area contributed by atoms with Crippen molar-refractivity contribution < 1.29 is 9.47 Å². The molecule has 0 spiro atoms. The van der Waals surface area contributed by atoms with Crippen LogP contribution in [0.1, 0.15) is 46.2 Å². The van der Waals surface area contributed by atoms with Crippen LogP contribution >= 0.6 is 0 Å². The molecule has 1 N–H and O–H groups in total. The second kappa shape index (κ2) is 6.99. The lowest BCUT2D eigenvalue weighted by atomic mass is 10.0. The molecule has 0 aliphatic carbocycles. The first-order chi connectivity index (χ1) is 9.52. The summed E-state index contributed by atoms with van der Waals surface area (Å²) in [5.74, 6) is 0.601. The van der Waals surface area contributed by atoms with Crippen LogP contribution in [0.2, 0.25) is 0 Å². The molecule has 0 amide bonds. The summed E-state index contributed by atoms with van der Waals surface area (Å²) in [6.07, 6.45) is 2.46. The molecular weight excluding hydrogens is 254 g/mol. The largest absolute Gasteiger partial charge is 0.473 e. The molecule has 0 radical (unpaired) electrons. The van der Waals surface area contributed by atoms with Gasteiger partial charge in [0.1, 0.15) is 6.10 Å². The summed E-state index contributed by atoms with van der Waals surface area (Å²) in [5, 5.41) is 11.6. The molecule has 1 fully saturated rings. The van der Waals surface area contributed by atoms with E-state index in [9.17, 15) is 0 Å². The minimum Gasteiger partial charge on any atom is -0.473 e. The van der Waals surface area contributed by atoms with E-state index in [1.807, 2.05) is 12.1 Å². The Morgan fingerprint density at radius 3 is 2.50 bits per heavy atom. The van der Waals surface area contributed by atoms with E-state index in [4.69, 9.17) is 9.47 Å². The molecule has 112 valence electrons. The van der Waals surface area contributed by atoms with Crippen molar-refractivity contribution in [2.75, 3.05) is 0 Å².